The largest absolute Gasteiger partial charge is 0.381 e. The molecule has 0 bridgehead atoms. The molecular formula is C13H15ClN4O. The van der Waals surface area contributed by atoms with Crippen LogP contribution in [0.3, 0.4) is 0 Å². The number of halogens is 1. The number of anilines is 1. The third kappa shape index (κ3) is 2.88. The zero-order valence-corrected chi connectivity index (χ0v) is 11.5. The van der Waals surface area contributed by atoms with Gasteiger partial charge in [-0.3, -0.25) is 9.48 Å². The molecular weight excluding hydrogens is 264 g/mol. The number of carbonyl (C=O) groups excluding carboxylic acids is 1. The summed E-state index contributed by atoms with van der Waals surface area (Å²) in [6.07, 6.45) is 1.82. The predicted octanol–water partition coefficient (Wildman–Crippen LogP) is 2.09. The van der Waals surface area contributed by atoms with Crippen LogP contribution in [0.15, 0.2) is 24.4 Å². The molecule has 0 radical (unpaired) electrons. The SMILES string of the molecule is Cc1c(CNc2ccc(C(N)=O)c(Cl)c2)cnn1C. The first-order valence-corrected chi connectivity index (χ1v) is 6.17. The molecule has 2 rings (SSSR count). The van der Waals surface area contributed by atoms with Gasteiger partial charge in [0.05, 0.1) is 16.8 Å². The van der Waals surface area contributed by atoms with Crippen LogP contribution >= 0.6 is 11.6 Å². The second-order valence-corrected chi connectivity index (χ2v) is 4.70. The molecule has 0 fully saturated rings. The monoisotopic (exact) mass is 278 g/mol. The number of hydrogen-bond donors (Lipinski definition) is 2. The van der Waals surface area contributed by atoms with Crippen LogP contribution in [-0.4, -0.2) is 15.7 Å². The van der Waals surface area contributed by atoms with Crippen LogP contribution in [0.1, 0.15) is 21.6 Å². The molecule has 3 N–H and O–H groups in total. The molecule has 1 heterocycles. The van der Waals surface area contributed by atoms with E-state index < -0.39 is 5.91 Å². The zero-order valence-electron chi connectivity index (χ0n) is 10.8. The second-order valence-electron chi connectivity index (χ2n) is 4.29. The molecule has 5 nitrogen and oxygen atoms in total. The number of carbonyl (C=O) groups is 1. The van der Waals surface area contributed by atoms with Gasteiger partial charge in [0.25, 0.3) is 0 Å². The number of rotatable bonds is 4. The third-order valence-electron chi connectivity index (χ3n) is 3.05. The van der Waals surface area contributed by atoms with Gasteiger partial charge in [0.1, 0.15) is 0 Å². The lowest BCUT2D eigenvalue weighted by Crippen LogP contribution is -2.11. The third-order valence-corrected chi connectivity index (χ3v) is 3.37. The normalized spacial score (nSPS) is 10.5. The summed E-state index contributed by atoms with van der Waals surface area (Å²) in [6, 6.07) is 5.08. The summed E-state index contributed by atoms with van der Waals surface area (Å²) in [5.74, 6) is -0.528. The Morgan fingerprint density at radius 2 is 2.26 bits per heavy atom. The minimum Gasteiger partial charge on any atom is -0.381 e. The number of benzene rings is 1. The Morgan fingerprint density at radius 1 is 1.53 bits per heavy atom. The van der Waals surface area contributed by atoms with E-state index in [0.29, 0.717) is 17.1 Å². The van der Waals surface area contributed by atoms with E-state index in [1.807, 2.05) is 24.9 Å². The number of primary amides is 1. The molecule has 1 amide bonds. The van der Waals surface area contributed by atoms with Gasteiger partial charge in [-0.15, -0.1) is 0 Å². The minimum atomic E-state index is -0.528. The van der Waals surface area contributed by atoms with E-state index in [0.717, 1.165) is 16.9 Å². The van der Waals surface area contributed by atoms with Gasteiger partial charge in [-0.05, 0) is 25.1 Å². The number of aromatic nitrogens is 2. The summed E-state index contributed by atoms with van der Waals surface area (Å²) in [5, 5.41) is 7.75. The number of aryl methyl sites for hydroxylation is 1. The quantitative estimate of drug-likeness (QED) is 0.899. The van der Waals surface area contributed by atoms with Gasteiger partial charge in [0, 0.05) is 30.5 Å². The highest BCUT2D eigenvalue weighted by Crippen LogP contribution is 2.21. The molecule has 0 aliphatic rings. The molecule has 0 aliphatic carbocycles. The number of nitrogens with two attached hydrogens (primary N) is 1. The van der Waals surface area contributed by atoms with Crippen molar-refractivity contribution in [1.29, 1.82) is 0 Å². The summed E-state index contributed by atoms with van der Waals surface area (Å²) >= 11 is 5.98. The van der Waals surface area contributed by atoms with E-state index in [-0.39, 0.29) is 0 Å². The van der Waals surface area contributed by atoms with Crippen molar-refractivity contribution in [1.82, 2.24) is 9.78 Å². The predicted molar refractivity (Wildman–Crippen MR) is 75.2 cm³/mol. The summed E-state index contributed by atoms with van der Waals surface area (Å²) in [7, 11) is 1.90. The van der Waals surface area contributed by atoms with E-state index in [9.17, 15) is 4.79 Å². The Labute approximate surface area is 116 Å². The summed E-state index contributed by atoms with van der Waals surface area (Å²) in [6.45, 7) is 2.65. The van der Waals surface area contributed by atoms with Crippen LogP contribution in [0.4, 0.5) is 5.69 Å². The molecule has 2 aromatic rings. The first-order valence-electron chi connectivity index (χ1n) is 5.79. The van der Waals surface area contributed by atoms with Crippen LogP contribution in [0.2, 0.25) is 5.02 Å². The molecule has 1 aromatic carbocycles. The lowest BCUT2D eigenvalue weighted by atomic mass is 10.2. The van der Waals surface area contributed by atoms with Crippen molar-refractivity contribution >= 4 is 23.2 Å². The first kappa shape index (κ1) is 13.4. The average molecular weight is 279 g/mol. The number of nitrogens with one attached hydrogen (secondary N) is 1. The Bertz CT molecular complexity index is 621. The molecule has 0 saturated heterocycles. The Kier molecular flexibility index (Phi) is 3.76. The molecule has 19 heavy (non-hydrogen) atoms. The maximum Gasteiger partial charge on any atom is 0.250 e. The molecule has 0 spiro atoms. The zero-order chi connectivity index (χ0) is 14.0. The number of amides is 1. The highest BCUT2D eigenvalue weighted by molar-refractivity contribution is 6.34. The van der Waals surface area contributed by atoms with Gasteiger partial charge < -0.3 is 11.1 Å². The number of hydrogen-bond acceptors (Lipinski definition) is 3. The highest BCUT2D eigenvalue weighted by Gasteiger charge is 2.08. The average Bonchev–Trinajstić information content (AvgIpc) is 2.67. The maximum absolute atomic E-state index is 11.1. The maximum atomic E-state index is 11.1. The topological polar surface area (TPSA) is 72.9 Å². The van der Waals surface area contributed by atoms with Crippen molar-refractivity contribution in [3.63, 3.8) is 0 Å². The second kappa shape index (κ2) is 5.32. The van der Waals surface area contributed by atoms with Gasteiger partial charge in [-0.1, -0.05) is 11.6 Å². The van der Waals surface area contributed by atoms with Crippen molar-refractivity contribution in [2.45, 2.75) is 13.5 Å². The molecule has 0 atom stereocenters. The molecule has 6 heteroatoms. The van der Waals surface area contributed by atoms with Crippen LogP contribution in [0.5, 0.6) is 0 Å². The van der Waals surface area contributed by atoms with Crippen molar-refractivity contribution in [3.8, 4) is 0 Å². The van der Waals surface area contributed by atoms with Crippen LogP contribution in [-0.2, 0) is 13.6 Å². The van der Waals surface area contributed by atoms with E-state index in [1.54, 1.807) is 18.2 Å². The Balaban J connectivity index is 2.10. The summed E-state index contributed by atoms with van der Waals surface area (Å²) < 4.78 is 1.82. The molecule has 1 aromatic heterocycles. The molecule has 0 saturated carbocycles. The van der Waals surface area contributed by atoms with Crippen molar-refractivity contribution in [2.24, 2.45) is 12.8 Å². The van der Waals surface area contributed by atoms with Gasteiger partial charge in [-0.25, -0.2) is 0 Å². The standard InChI is InChI=1S/C13H15ClN4O/c1-8-9(7-17-18(8)2)6-16-10-3-4-11(13(15)19)12(14)5-10/h3-5,7,16H,6H2,1-2H3,(H2,15,19). The van der Waals surface area contributed by atoms with E-state index in [1.165, 1.54) is 0 Å². The van der Waals surface area contributed by atoms with Gasteiger partial charge >= 0.3 is 0 Å². The van der Waals surface area contributed by atoms with Crippen molar-refractivity contribution in [2.75, 3.05) is 5.32 Å². The summed E-state index contributed by atoms with van der Waals surface area (Å²) in [5.41, 5.74) is 8.57. The number of nitrogens with zero attached hydrogens (tertiary/aromatic N) is 2. The van der Waals surface area contributed by atoms with E-state index in [4.69, 9.17) is 17.3 Å². The fourth-order valence-electron chi connectivity index (χ4n) is 1.74. The fourth-order valence-corrected chi connectivity index (χ4v) is 2.01. The minimum absolute atomic E-state index is 0.324. The lowest BCUT2D eigenvalue weighted by molar-refractivity contribution is 0.100. The van der Waals surface area contributed by atoms with Gasteiger partial charge in [0.15, 0.2) is 0 Å². The van der Waals surface area contributed by atoms with Crippen LogP contribution < -0.4 is 11.1 Å². The lowest BCUT2D eigenvalue weighted by Gasteiger charge is -2.08. The molecule has 0 unspecified atom stereocenters. The van der Waals surface area contributed by atoms with Crippen molar-refractivity contribution < 1.29 is 4.79 Å². The molecule has 0 aliphatic heterocycles. The van der Waals surface area contributed by atoms with Crippen molar-refractivity contribution in [3.05, 3.63) is 46.2 Å². The van der Waals surface area contributed by atoms with E-state index in [2.05, 4.69) is 10.4 Å². The highest BCUT2D eigenvalue weighted by atomic mass is 35.5. The first-order chi connectivity index (χ1) is 8.99. The molecule has 100 valence electrons. The van der Waals surface area contributed by atoms with Gasteiger partial charge in [0.2, 0.25) is 5.91 Å². The van der Waals surface area contributed by atoms with Crippen LogP contribution in [0.25, 0.3) is 0 Å². The summed E-state index contributed by atoms with van der Waals surface area (Å²) in [4.78, 5) is 11.1. The van der Waals surface area contributed by atoms with Gasteiger partial charge in [-0.2, -0.15) is 5.10 Å². The van der Waals surface area contributed by atoms with E-state index >= 15 is 0 Å². The Hall–Kier alpha value is -2.01. The fraction of sp³-hybridized carbons (Fsp3) is 0.231. The Morgan fingerprint density at radius 3 is 2.79 bits per heavy atom. The van der Waals surface area contributed by atoms with Crippen LogP contribution in [0, 0.1) is 6.92 Å². The smallest absolute Gasteiger partial charge is 0.250 e.